The van der Waals surface area contributed by atoms with Crippen LogP contribution in [0.5, 0.6) is 0 Å². The monoisotopic (exact) mass is 259 g/mol. The summed E-state index contributed by atoms with van der Waals surface area (Å²) >= 11 is 1.61. The zero-order chi connectivity index (χ0) is 13.4. The molecule has 0 radical (unpaired) electrons. The second kappa shape index (κ2) is 4.52. The van der Waals surface area contributed by atoms with Crippen LogP contribution in [0.15, 0.2) is 0 Å². The Kier molecular flexibility index (Phi) is 3.81. The van der Waals surface area contributed by atoms with Gasteiger partial charge in [0.15, 0.2) is 0 Å². The average Bonchev–Trinajstić information content (AvgIpc) is 2.46. The number of hydrogen-bond donors (Lipinski definition) is 1. The van der Waals surface area contributed by atoms with E-state index in [9.17, 15) is 14.7 Å². The lowest BCUT2D eigenvalue weighted by Gasteiger charge is -2.37. The molecule has 1 rings (SSSR count). The Morgan fingerprint density at radius 3 is 2.06 bits per heavy atom. The molecule has 1 saturated heterocycles. The molecular formula is C12H21NO3S. The van der Waals surface area contributed by atoms with Crippen molar-refractivity contribution in [1.29, 1.82) is 0 Å². The van der Waals surface area contributed by atoms with Gasteiger partial charge in [-0.1, -0.05) is 13.8 Å². The molecule has 4 nitrogen and oxygen atoms in total. The number of carboxylic acid groups (broad SMARTS) is 1. The van der Waals surface area contributed by atoms with Crippen molar-refractivity contribution in [2.24, 2.45) is 0 Å². The van der Waals surface area contributed by atoms with Crippen LogP contribution in [0.1, 0.15) is 47.5 Å². The topological polar surface area (TPSA) is 57.6 Å². The normalized spacial score (nSPS) is 25.9. The van der Waals surface area contributed by atoms with Gasteiger partial charge < -0.3 is 10.0 Å². The Hall–Kier alpha value is -0.710. The molecule has 1 N–H and O–H groups in total. The fourth-order valence-electron chi connectivity index (χ4n) is 2.75. The summed E-state index contributed by atoms with van der Waals surface area (Å²) in [5.41, 5.74) is 0. The molecule has 1 heterocycles. The number of carbonyl (C=O) groups excluding carboxylic acids is 1. The minimum Gasteiger partial charge on any atom is -0.480 e. The Labute approximate surface area is 107 Å². The highest BCUT2D eigenvalue weighted by atomic mass is 32.2. The Balaban J connectivity index is 3.30. The number of thioether (sulfide) groups is 1. The molecule has 1 unspecified atom stereocenters. The van der Waals surface area contributed by atoms with Gasteiger partial charge in [-0.15, -0.1) is 11.8 Å². The summed E-state index contributed by atoms with van der Waals surface area (Å²) < 4.78 is -0.455. The van der Waals surface area contributed by atoms with Crippen molar-refractivity contribution >= 4 is 23.6 Å². The fourth-order valence-corrected chi connectivity index (χ4v) is 4.67. The van der Waals surface area contributed by atoms with Crippen molar-refractivity contribution in [1.82, 2.24) is 4.90 Å². The highest BCUT2D eigenvalue weighted by Crippen LogP contribution is 2.54. The molecule has 0 aromatic carbocycles. The highest BCUT2D eigenvalue weighted by Gasteiger charge is 2.58. The summed E-state index contributed by atoms with van der Waals surface area (Å²) in [5.74, 6) is -1.07. The van der Waals surface area contributed by atoms with E-state index in [0.717, 1.165) is 12.8 Å². The van der Waals surface area contributed by atoms with Gasteiger partial charge in [-0.2, -0.15) is 0 Å². The van der Waals surface area contributed by atoms with Crippen LogP contribution >= 0.6 is 11.8 Å². The third-order valence-electron chi connectivity index (χ3n) is 3.49. The van der Waals surface area contributed by atoms with Gasteiger partial charge in [-0.05, 0) is 26.7 Å². The molecular weight excluding hydrogens is 238 g/mol. The van der Waals surface area contributed by atoms with E-state index in [1.807, 2.05) is 27.7 Å². The number of amides is 1. The van der Waals surface area contributed by atoms with Gasteiger partial charge in [-0.25, -0.2) is 4.79 Å². The van der Waals surface area contributed by atoms with E-state index in [1.54, 1.807) is 16.7 Å². The van der Waals surface area contributed by atoms with Gasteiger partial charge in [0.2, 0.25) is 5.91 Å². The largest absolute Gasteiger partial charge is 0.480 e. The maximum Gasteiger partial charge on any atom is 0.327 e. The molecule has 0 aromatic rings. The van der Waals surface area contributed by atoms with Crippen molar-refractivity contribution in [3.05, 3.63) is 0 Å². The Morgan fingerprint density at radius 1 is 1.29 bits per heavy atom. The Bertz CT molecular complexity index is 337. The van der Waals surface area contributed by atoms with Gasteiger partial charge in [0, 0.05) is 11.7 Å². The maximum atomic E-state index is 11.8. The predicted octanol–water partition coefficient (Wildman–Crippen LogP) is 2.33. The van der Waals surface area contributed by atoms with Gasteiger partial charge in [-0.3, -0.25) is 4.79 Å². The van der Waals surface area contributed by atoms with E-state index < -0.39 is 16.8 Å². The molecule has 1 amide bonds. The van der Waals surface area contributed by atoms with Crippen molar-refractivity contribution in [2.45, 2.75) is 63.1 Å². The van der Waals surface area contributed by atoms with E-state index >= 15 is 0 Å². The Morgan fingerprint density at radius 2 is 1.76 bits per heavy atom. The van der Waals surface area contributed by atoms with Crippen LogP contribution in [0.25, 0.3) is 0 Å². The zero-order valence-corrected chi connectivity index (χ0v) is 11.9. The third-order valence-corrected chi connectivity index (χ3v) is 5.39. The molecule has 1 aliphatic heterocycles. The average molecular weight is 259 g/mol. The van der Waals surface area contributed by atoms with Gasteiger partial charge in [0.05, 0.1) is 4.87 Å². The zero-order valence-electron chi connectivity index (χ0n) is 11.1. The number of carboxylic acids is 1. The van der Waals surface area contributed by atoms with Gasteiger partial charge >= 0.3 is 5.97 Å². The third kappa shape index (κ3) is 2.17. The fraction of sp³-hybridized carbons (Fsp3) is 0.833. The smallest absolute Gasteiger partial charge is 0.327 e. The van der Waals surface area contributed by atoms with Crippen LogP contribution in [0.2, 0.25) is 0 Å². The minimum absolute atomic E-state index is 0.154. The molecule has 17 heavy (non-hydrogen) atoms. The molecule has 0 aromatic heterocycles. The molecule has 5 heteroatoms. The first-order valence-corrected chi connectivity index (χ1v) is 6.76. The van der Waals surface area contributed by atoms with E-state index in [2.05, 4.69) is 0 Å². The van der Waals surface area contributed by atoms with Crippen LogP contribution in [-0.4, -0.2) is 37.5 Å². The number of aliphatic carboxylic acids is 1. The van der Waals surface area contributed by atoms with E-state index in [4.69, 9.17) is 0 Å². The molecule has 0 saturated carbocycles. The summed E-state index contributed by atoms with van der Waals surface area (Å²) in [6, 6.07) is -0.745. The summed E-state index contributed by atoms with van der Waals surface area (Å²) in [4.78, 5) is 24.5. The van der Waals surface area contributed by atoms with Crippen molar-refractivity contribution in [3.63, 3.8) is 0 Å². The second-order valence-electron chi connectivity index (χ2n) is 4.99. The minimum atomic E-state index is -0.915. The van der Waals surface area contributed by atoms with Crippen molar-refractivity contribution in [3.8, 4) is 0 Å². The molecule has 1 aliphatic rings. The van der Waals surface area contributed by atoms with E-state index in [-0.39, 0.29) is 10.8 Å². The number of hydrogen-bond acceptors (Lipinski definition) is 3. The SMILES string of the molecule is CCC1(CC)SC(C)(C)C(C(=O)O)N1C(C)=O. The van der Waals surface area contributed by atoms with Crippen LogP contribution in [0.4, 0.5) is 0 Å². The summed E-state index contributed by atoms with van der Waals surface area (Å²) in [7, 11) is 0. The van der Waals surface area contributed by atoms with Crippen LogP contribution in [-0.2, 0) is 9.59 Å². The lowest BCUT2D eigenvalue weighted by Crippen LogP contribution is -2.53. The highest BCUT2D eigenvalue weighted by molar-refractivity contribution is 8.02. The summed E-state index contributed by atoms with van der Waals surface area (Å²) in [6.45, 7) is 9.27. The number of rotatable bonds is 3. The molecule has 1 fully saturated rings. The maximum absolute atomic E-state index is 11.8. The first-order valence-electron chi connectivity index (χ1n) is 5.94. The number of nitrogens with zero attached hydrogens (tertiary/aromatic N) is 1. The van der Waals surface area contributed by atoms with Gasteiger partial charge in [0.25, 0.3) is 0 Å². The molecule has 0 bridgehead atoms. The quantitative estimate of drug-likeness (QED) is 0.845. The molecule has 0 spiro atoms. The van der Waals surface area contributed by atoms with E-state index in [1.165, 1.54) is 6.92 Å². The van der Waals surface area contributed by atoms with Crippen molar-refractivity contribution < 1.29 is 14.7 Å². The standard InChI is InChI=1S/C12H21NO3S/c1-6-12(7-2)13(8(3)14)9(10(15)16)11(4,5)17-12/h9H,6-7H2,1-5H3,(H,15,16). The van der Waals surface area contributed by atoms with Crippen LogP contribution in [0, 0.1) is 0 Å². The van der Waals surface area contributed by atoms with Crippen LogP contribution < -0.4 is 0 Å². The predicted molar refractivity (Wildman–Crippen MR) is 68.9 cm³/mol. The van der Waals surface area contributed by atoms with Crippen LogP contribution in [0.3, 0.4) is 0 Å². The van der Waals surface area contributed by atoms with Gasteiger partial charge in [0.1, 0.15) is 6.04 Å². The first kappa shape index (κ1) is 14.4. The summed E-state index contributed by atoms with van der Waals surface area (Å²) in [5, 5.41) is 9.38. The van der Waals surface area contributed by atoms with Crippen molar-refractivity contribution in [2.75, 3.05) is 0 Å². The lowest BCUT2D eigenvalue weighted by atomic mass is 9.98. The second-order valence-corrected chi connectivity index (χ2v) is 7.00. The first-order chi connectivity index (χ1) is 7.72. The lowest BCUT2D eigenvalue weighted by molar-refractivity contribution is -0.152. The van der Waals surface area contributed by atoms with E-state index in [0.29, 0.717) is 0 Å². The summed E-state index contributed by atoms with van der Waals surface area (Å²) in [6.07, 6.45) is 1.53. The molecule has 98 valence electrons. The molecule has 1 atom stereocenters. The number of carbonyl (C=O) groups is 2. The molecule has 0 aliphatic carbocycles.